The Bertz CT molecular complexity index is 680. The van der Waals surface area contributed by atoms with E-state index >= 15 is 0 Å². The van der Waals surface area contributed by atoms with Gasteiger partial charge in [-0.15, -0.1) is 0 Å². The Kier molecular flexibility index (Phi) is 6.15. The second-order valence-electron chi connectivity index (χ2n) is 5.15. The van der Waals surface area contributed by atoms with Crippen LogP contribution in [0.1, 0.15) is 22.6 Å². The van der Waals surface area contributed by atoms with Gasteiger partial charge >= 0.3 is 0 Å². The number of benzene rings is 1. The molecule has 1 aromatic carbocycles. The lowest BCUT2D eigenvalue weighted by Crippen LogP contribution is -2.38. The first-order valence-corrected chi connectivity index (χ1v) is 8.10. The first-order chi connectivity index (χ1) is 11.0. The highest BCUT2D eigenvalue weighted by Gasteiger charge is 2.09. The topological polar surface area (TPSA) is 62.5 Å². The molecule has 23 heavy (non-hydrogen) atoms. The zero-order valence-corrected chi connectivity index (χ0v) is 15.0. The number of halogens is 2. The van der Waals surface area contributed by atoms with Crippen molar-refractivity contribution in [2.24, 2.45) is 4.99 Å². The van der Waals surface area contributed by atoms with E-state index in [-0.39, 0.29) is 5.82 Å². The number of aryl methyl sites for hydroxylation is 2. The van der Waals surface area contributed by atoms with E-state index in [1.165, 1.54) is 6.07 Å². The summed E-state index contributed by atoms with van der Waals surface area (Å²) >= 11 is 3.19. The lowest BCUT2D eigenvalue weighted by molar-refractivity contribution is 0.392. The van der Waals surface area contributed by atoms with Crippen LogP contribution in [0.2, 0.25) is 0 Å². The average Bonchev–Trinajstić information content (AvgIpc) is 2.85. The summed E-state index contributed by atoms with van der Waals surface area (Å²) in [6.07, 6.45) is 0.769. The van der Waals surface area contributed by atoms with Crippen molar-refractivity contribution in [3.05, 3.63) is 51.1 Å². The van der Waals surface area contributed by atoms with Gasteiger partial charge in [-0.1, -0.05) is 11.2 Å². The normalized spacial score (nSPS) is 11.6. The lowest BCUT2D eigenvalue weighted by Gasteiger charge is -2.12. The third kappa shape index (κ3) is 4.79. The summed E-state index contributed by atoms with van der Waals surface area (Å²) in [5, 5.41) is 10.4. The first-order valence-electron chi connectivity index (χ1n) is 7.31. The van der Waals surface area contributed by atoms with Crippen molar-refractivity contribution >= 4 is 21.9 Å². The molecule has 0 fully saturated rings. The molecule has 1 heterocycles. The molecular weight excluding hydrogens is 363 g/mol. The number of guanidine groups is 1. The van der Waals surface area contributed by atoms with Crippen LogP contribution >= 0.6 is 15.9 Å². The lowest BCUT2D eigenvalue weighted by atomic mass is 10.1. The van der Waals surface area contributed by atoms with E-state index in [0.717, 1.165) is 29.0 Å². The molecule has 0 spiro atoms. The highest BCUT2D eigenvalue weighted by atomic mass is 79.9. The number of aromatic nitrogens is 1. The Morgan fingerprint density at radius 2 is 2.13 bits per heavy atom. The zero-order chi connectivity index (χ0) is 16.8. The van der Waals surface area contributed by atoms with Crippen LogP contribution in [0.4, 0.5) is 4.39 Å². The van der Waals surface area contributed by atoms with Crippen LogP contribution in [0.3, 0.4) is 0 Å². The molecular formula is C16H20BrFN4O. The smallest absolute Gasteiger partial charge is 0.191 e. The van der Waals surface area contributed by atoms with Crippen molar-refractivity contribution in [2.45, 2.75) is 26.8 Å². The molecule has 5 nitrogen and oxygen atoms in total. The van der Waals surface area contributed by atoms with Crippen LogP contribution in [0.25, 0.3) is 0 Å². The second kappa shape index (κ2) is 8.10. The molecule has 1 aromatic heterocycles. The van der Waals surface area contributed by atoms with Crippen LogP contribution in [-0.4, -0.2) is 24.7 Å². The number of nitrogens with zero attached hydrogens (tertiary/aromatic N) is 2. The van der Waals surface area contributed by atoms with Crippen LogP contribution in [0, 0.1) is 19.7 Å². The second-order valence-corrected chi connectivity index (χ2v) is 6.01. The van der Waals surface area contributed by atoms with Gasteiger partial charge in [0.1, 0.15) is 11.6 Å². The van der Waals surface area contributed by atoms with Gasteiger partial charge in [-0.05, 0) is 53.9 Å². The molecule has 0 radical (unpaired) electrons. The maximum absolute atomic E-state index is 13.2. The summed E-state index contributed by atoms with van der Waals surface area (Å²) in [6.45, 7) is 5.10. The van der Waals surface area contributed by atoms with Gasteiger partial charge in [-0.25, -0.2) is 4.39 Å². The number of nitrogens with one attached hydrogen (secondary N) is 2. The standard InChI is InChI=1S/C16H20BrFN4O/c1-10-13(11(2)23-22-10)9-21-16(19-3)20-7-6-12-4-5-15(18)14(17)8-12/h4-5,8H,6-7,9H2,1-3H3,(H2,19,20,21). The van der Waals surface area contributed by atoms with Crippen LogP contribution in [0.15, 0.2) is 32.2 Å². The molecule has 7 heteroatoms. The monoisotopic (exact) mass is 382 g/mol. The fourth-order valence-corrected chi connectivity index (χ4v) is 2.59. The highest BCUT2D eigenvalue weighted by Crippen LogP contribution is 2.17. The van der Waals surface area contributed by atoms with E-state index in [0.29, 0.717) is 23.5 Å². The summed E-state index contributed by atoms with van der Waals surface area (Å²) in [6, 6.07) is 5.03. The minimum atomic E-state index is -0.251. The molecule has 0 amide bonds. The van der Waals surface area contributed by atoms with Crippen molar-refractivity contribution in [3.63, 3.8) is 0 Å². The predicted octanol–water partition coefficient (Wildman–Crippen LogP) is 3.10. The summed E-state index contributed by atoms with van der Waals surface area (Å²) in [4.78, 5) is 4.18. The molecule has 0 aliphatic heterocycles. The van der Waals surface area contributed by atoms with Crippen LogP contribution in [0.5, 0.6) is 0 Å². The third-order valence-corrected chi connectivity index (χ3v) is 4.14. The van der Waals surface area contributed by atoms with E-state index in [1.54, 1.807) is 19.2 Å². The van der Waals surface area contributed by atoms with Crippen molar-refractivity contribution in [1.29, 1.82) is 0 Å². The quantitative estimate of drug-likeness (QED) is 0.615. The Labute approximate surface area is 143 Å². The number of hydrogen-bond acceptors (Lipinski definition) is 3. The summed E-state index contributed by atoms with van der Waals surface area (Å²) in [5.41, 5.74) is 2.96. The number of aliphatic imine (C=N–C) groups is 1. The van der Waals surface area contributed by atoms with E-state index in [4.69, 9.17) is 4.52 Å². The van der Waals surface area contributed by atoms with Gasteiger partial charge in [0.25, 0.3) is 0 Å². The fourth-order valence-electron chi connectivity index (χ4n) is 2.17. The van der Waals surface area contributed by atoms with E-state index in [2.05, 4.69) is 36.7 Å². The molecule has 0 atom stereocenters. The molecule has 0 unspecified atom stereocenters. The van der Waals surface area contributed by atoms with E-state index < -0.39 is 0 Å². The van der Waals surface area contributed by atoms with Gasteiger partial charge < -0.3 is 15.2 Å². The number of hydrogen-bond donors (Lipinski definition) is 2. The van der Waals surface area contributed by atoms with Crippen LogP contribution < -0.4 is 10.6 Å². The van der Waals surface area contributed by atoms with Crippen LogP contribution in [-0.2, 0) is 13.0 Å². The summed E-state index contributed by atoms with van der Waals surface area (Å²) in [5.74, 6) is 1.26. The SMILES string of the molecule is CN=C(NCCc1ccc(F)c(Br)c1)NCc1c(C)noc1C. The zero-order valence-electron chi connectivity index (χ0n) is 13.4. The number of rotatable bonds is 5. The molecule has 0 saturated carbocycles. The fraction of sp³-hybridized carbons (Fsp3) is 0.375. The molecule has 0 bridgehead atoms. The molecule has 0 saturated heterocycles. The molecule has 124 valence electrons. The minimum Gasteiger partial charge on any atom is -0.361 e. The predicted molar refractivity (Wildman–Crippen MR) is 92.0 cm³/mol. The van der Waals surface area contributed by atoms with E-state index in [1.807, 2.05) is 13.8 Å². The van der Waals surface area contributed by atoms with Crippen molar-refractivity contribution < 1.29 is 8.91 Å². The van der Waals surface area contributed by atoms with Gasteiger partial charge in [0.15, 0.2) is 5.96 Å². The minimum absolute atomic E-state index is 0.251. The highest BCUT2D eigenvalue weighted by molar-refractivity contribution is 9.10. The molecule has 0 aliphatic rings. The molecule has 2 aromatic rings. The summed E-state index contributed by atoms with van der Waals surface area (Å²) in [7, 11) is 1.72. The largest absolute Gasteiger partial charge is 0.361 e. The van der Waals surface area contributed by atoms with Crippen molar-refractivity contribution in [3.8, 4) is 0 Å². The van der Waals surface area contributed by atoms with Gasteiger partial charge in [0.05, 0.1) is 10.2 Å². The van der Waals surface area contributed by atoms with Gasteiger partial charge in [0.2, 0.25) is 0 Å². The molecule has 2 N–H and O–H groups in total. The molecule has 0 aliphatic carbocycles. The molecule has 2 rings (SSSR count). The Hall–Kier alpha value is -1.89. The van der Waals surface area contributed by atoms with Crippen molar-refractivity contribution in [1.82, 2.24) is 15.8 Å². The van der Waals surface area contributed by atoms with Crippen molar-refractivity contribution in [2.75, 3.05) is 13.6 Å². The van der Waals surface area contributed by atoms with E-state index in [9.17, 15) is 4.39 Å². The van der Waals surface area contributed by atoms with Gasteiger partial charge in [-0.2, -0.15) is 0 Å². The third-order valence-electron chi connectivity index (χ3n) is 3.53. The first kappa shape index (κ1) is 17.5. The van der Waals surface area contributed by atoms with Gasteiger partial charge in [0, 0.05) is 25.7 Å². The Morgan fingerprint density at radius 3 is 2.74 bits per heavy atom. The maximum atomic E-state index is 13.2. The summed E-state index contributed by atoms with van der Waals surface area (Å²) < 4.78 is 18.8. The Morgan fingerprint density at radius 1 is 1.35 bits per heavy atom. The maximum Gasteiger partial charge on any atom is 0.191 e. The average molecular weight is 383 g/mol. The van der Waals surface area contributed by atoms with Gasteiger partial charge in [-0.3, -0.25) is 4.99 Å². The Balaban J connectivity index is 1.82.